The predicted octanol–water partition coefficient (Wildman–Crippen LogP) is 2.62. The topological polar surface area (TPSA) is 129 Å². The number of carbonyl (C=O) groups is 3. The first-order chi connectivity index (χ1) is 14.8. The SMILES string of the molecule is CC(C)[C@@H](NC(=O)OCc1ccccc1)C(=O)N[C@H](Cc1cccc(C#N)c1)C(=O)O. The molecule has 0 unspecified atom stereocenters. The summed E-state index contributed by atoms with van der Waals surface area (Å²) >= 11 is 0. The number of nitriles is 1. The molecule has 2 atom stereocenters. The molecule has 0 heterocycles. The van der Waals surface area contributed by atoms with Crippen molar-refractivity contribution in [3.8, 4) is 6.07 Å². The summed E-state index contributed by atoms with van der Waals surface area (Å²) < 4.78 is 5.16. The second kappa shape index (κ2) is 11.4. The van der Waals surface area contributed by atoms with Gasteiger partial charge in [0.15, 0.2) is 0 Å². The number of nitrogens with one attached hydrogen (secondary N) is 2. The van der Waals surface area contributed by atoms with Crippen molar-refractivity contribution in [3.05, 3.63) is 71.3 Å². The highest BCUT2D eigenvalue weighted by molar-refractivity contribution is 5.89. The van der Waals surface area contributed by atoms with Gasteiger partial charge in [-0.3, -0.25) is 4.79 Å². The summed E-state index contributed by atoms with van der Waals surface area (Å²) in [6, 6.07) is 15.4. The normalized spacial score (nSPS) is 12.3. The Balaban J connectivity index is 2.00. The molecule has 0 radical (unpaired) electrons. The zero-order valence-electron chi connectivity index (χ0n) is 17.4. The lowest BCUT2D eigenvalue weighted by Gasteiger charge is -2.24. The molecular weight excluding hydrogens is 398 g/mol. The largest absolute Gasteiger partial charge is 0.480 e. The van der Waals surface area contributed by atoms with Crippen molar-refractivity contribution in [2.24, 2.45) is 5.92 Å². The summed E-state index contributed by atoms with van der Waals surface area (Å²) in [5, 5.41) is 23.5. The lowest BCUT2D eigenvalue weighted by atomic mass is 10.0. The Morgan fingerprint density at radius 3 is 2.32 bits per heavy atom. The van der Waals surface area contributed by atoms with Crippen molar-refractivity contribution in [2.75, 3.05) is 0 Å². The third-order valence-electron chi connectivity index (χ3n) is 4.55. The van der Waals surface area contributed by atoms with Gasteiger partial charge in [0, 0.05) is 6.42 Å². The van der Waals surface area contributed by atoms with Gasteiger partial charge >= 0.3 is 12.1 Å². The fourth-order valence-electron chi connectivity index (χ4n) is 2.89. The van der Waals surface area contributed by atoms with Gasteiger partial charge in [-0.05, 0) is 29.2 Å². The van der Waals surface area contributed by atoms with Crippen LogP contribution in [0.1, 0.15) is 30.5 Å². The molecule has 0 aliphatic rings. The number of benzene rings is 2. The van der Waals surface area contributed by atoms with Crippen LogP contribution in [0.5, 0.6) is 0 Å². The summed E-state index contributed by atoms with van der Waals surface area (Å²) in [4.78, 5) is 36.6. The van der Waals surface area contributed by atoms with Crippen molar-refractivity contribution in [1.29, 1.82) is 5.26 Å². The molecule has 0 aliphatic carbocycles. The second-order valence-electron chi connectivity index (χ2n) is 7.34. The van der Waals surface area contributed by atoms with Crippen LogP contribution in [0, 0.1) is 17.2 Å². The van der Waals surface area contributed by atoms with Crippen LogP contribution in [0.2, 0.25) is 0 Å². The van der Waals surface area contributed by atoms with Gasteiger partial charge in [0.05, 0.1) is 11.6 Å². The van der Waals surface area contributed by atoms with Crippen molar-refractivity contribution in [2.45, 2.75) is 39.0 Å². The minimum absolute atomic E-state index is 0.000137. The standard InChI is InChI=1S/C23H25N3O5/c1-15(2)20(26-23(30)31-14-16-7-4-3-5-8-16)21(27)25-19(22(28)29)12-17-9-6-10-18(11-17)13-24/h3-11,15,19-20H,12,14H2,1-2H3,(H,25,27)(H,26,30)(H,28,29)/t19-,20-/m1/s1. The highest BCUT2D eigenvalue weighted by Crippen LogP contribution is 2.09. The van der Waals surface area contributed by atoms with Gasteiger partial charge in [0.1, 0.15) is 18.7 Å². The molecule has 162 valence electrons. The molecule has 0 bridgehead atoms. The van der Waals surface area contributed by atoms with Gasteiger partial charge in [-0.25, -0.2) is 9.59 Å². The van der Waals surface area contributed by atoms with Crippen molar-refractivity contribution < 1.29 is 24.2 Å². The van der Waals surface area contributed by atoms with Crippen molar-refractivity contribution >= 4 is 18.0 Å². The van der Waals surface area contributed by atoms with Gasteiger partial charge in [-0.2, -0.15) is 5.26 Å². The molecule has 0 saturated heterocycles. The number of aliphatic carboxylic acids is 1. The number of nitrogens with zero attached hydrogens (tertiary/aromatic N) is 1. The number of carbonyl (C=O) groups excluding carboxylic acids is 2. The molecule has 8 nitrogen and oxygen atoms in total. The summed E-state index contributed by atoms with van der Waals surface area (Å²) in [7, 11) is 0. The summed E-state index contributed by atoms with van der Waals surface area (Å²) in [6.45, 7) is 3.51. The molecule has 0 aliphatic heterocycles. The number of hydrogen-bond acceptors (Lipinski definition) is 5. The Kier molecular flexibility index (Phi) is 8.58. The molecule has 0 spiro atoms. The van der Waals surface area contributed by atoms with Gasteiger partial charge in [0.2, 0.25) is 5.91 Å². The van der Waals surface area contributed by atoms with E-state index >= 15 is 0 Å². The summed E-state index contributed by atoms with van der Waals surface area (Å²) in [6.07, 6.45) is -0.772. The van der Waals surface area contributed by atoms with E-state index in [0.717, 1.165) is 5.56 Å². The molecule has 0 saturated carbocycles. The summed E-state index contributed by atoms with van der Waals surface area (Å²) in [5.41, 5.74) is 1.80. The van der Waals surface area contributed by atoms with Crippen LogP contribution in [-0.4, -0.2) is 35.2 Å². The molecule has 2 amide bonds. The average molecular weight is 423 g/mol. The van der Waals surface area contributed by atoms with E-state index in [9.17, 15) is 19.5 Å². The molecule has 2 aromatic rings. The lowest BCUT2D eigenvalue weighted by Crippen LogP contribution is -2.54. The number of amides is 2. The summed E-state index contributed by atoms with van der Waals surface area (Å²) in [5.74, 6) is -2.15. The zero-order chi connectivity index (χ0) is 22.8. The highest BCUT2D eigenvalue weighted by atomic mass is 16.5. The van der Waals surface area contributed by atoms with Crippen molar-refractivity contribution in [3.63, 3.8) is 0 Å². The molecule has 0 aromatic heterocycles. The molecule has 2 aromatic carbocycles. The van der Waals surface area contributed by atoms with Crippen LogP contribution in [0.25, 0.3) is 0 Å². The number of alkyl carbamates (subject to hydrolysis) is 1. The van der Waals surface area contributed by atoms with E-state index in [-0.39, 0.29) is 18.9 Å². The van der Waals surface area contributed by atoms with Gasteiger partial charge in [-0.1, -0.05) is 56.3 Å². The maximum Gasteiger partial charge on any atom is 0.408 e. The van der Waals surface area contributed by atoms with E-state index in [2.05, 4.69) is 10.6 Å². The van der Waals surface area contributed by atoms with E-state index < -0.39 is 30.1 Å². The number of carboxylic acids is 1. The molecule has 31 heavy (non-hydrogen) atoms. The van der Waals surface area contributed by atoms with E-state index in [0.29, 0.717) is 11.1 Å². The Morgan fingerprint density at radius 2 is 1.71 bits per heavy atom. The van der Waals surface area contributed by atoms with Gasteiger partial charge < -0.3 is 20.5 Å². The maximum atomic E-state index is 12.7. The Bertz CT molecular complexity index is 953. The monoisotopic (exact) mass is 423 g/mol. The van der Waals surface area contributed by atoms with E-state index in [1.807, 2.05) is 24.3 Å². The molecule has 2 rings (SSSR count). The quantitative estimate of drug-likeness (QED) is 0.569. The third-order valence-corrected chi connectivity index (χ3v) is 4.55. The average Bonchev–Trinajstić information content (AvgIpc) is 2.76. The first-order valence-electron chi connectivity index (χ1n) is 9.79. The van der Waals surface area contributed by atoms with Gasteiger partial charge in [0.25, 0.3) is 0 Å². The minimum atomic E-state index is -1.22. The predicted molar refractivity (Wildman–Crippen MR) is 113 cm³/mol. The first kappa shape index (κ1) is 23.4. The Morgan fingerprint density at radius 1 is 1.03 bits per heavy atom. The fraction of sp³-hybridized carbons (Fsp3) is 0.304. The second-order valence-corrected chi connectivity index (χ2v) is 7.34. The van der Waals surface area contributed by atoms with Crippen LogP contribution >= 0.6 is 0 Å². The Labute approximate surface area is 180 Å². The zero-order valence-corrected chi connectivity index (χ0v) is 17.4. The van der Waals surface area contributed by atoms with Crippen molar-refractivity contribution in [1.82, 2.24) is 10.6 Å². The smallest absolute Gasteiger partial charge is 0.408 e. The maximum absolute atomic E-state index is 12.7. The number of ether oxygens (including phenoxy) is 1. The molecule has 8 heteroatoms. The lowest BCUT2D eigenvalue weighted by molar-refractivity contribution is -0.142. The van der Waals surface area contributed by atoms with Crippen LogP contribution < -0.4 is 10.6 Å². The van der Waals surface area contributed by atoms with Crippen LogP contribution in [0.15, 0.2) is 54.6 Å². The van der Waals surface area contributed by atoms with Crippen LogP contribution in [0.3, 0.4) is 0 Å². The minimum Gasteiger partial charge on any atom is -0.480 e. The number of carboxylic acid groups (broad SMARTS) is 1. The molecular formula is C23H25N3O5. The van der Waals surface area contributed by atoms with Crippen LogP contribution in [0.4, 0.5) is 4.79 Å². The first-order valence-corrected chi connectivity index (χ1v) is 9.79. The van der Waals surface area contributed by atoms with E-state index in [1.54, 1.807) is 50.2 Å². The van der Waals surface area contributed by atoms with Gasteiger partial charge in [-0.15, -0.1) is 0 Å². The molecule has 0 fully saturated rings. The number of hydrogen-bond donors (Lipinski definition) is 3. The van der Waals surface area contributed by atoms with E-state index in [1.165, 1.54) is 0 Å². The van der Waals surface area contributed by atoms with Crippen LogP contribution in [-0.2, 0) is 27.4 Å². The third kappa shape index (κ3) is 7.48. The molecule has 3 N–H and O–H groups in total. The fourth-order valence-corrected chi connectivity index (χ4v) is 2.89. The van der Waals surface area contributed by atoms with E-state index in [4.69, 9.17) is 10.00 Å². The highest BCUT2D eigenvalue weighted by Gasteiger charge is 2.29. The Hall–Kier alpha value is -3.86. The number of rotatable bonds is 9.